The molecule has 3 aromatic rings. The maximum absolute atomic E-state index is 13.1. The van der Waals surface area contributed by atoms with Crippen molar-refractivity contribution in [2.45, 2.75) is 12.5 Å². The van der Waals surface area contributed by atoms with E-state index in [0.29, 0.717) is 25.4 Å². The van der Waals surface area contributed by atoms with E-state index in [1.54, 1.807) is 12.1 Å². The number of ether oxygens (including phenoxy) is 2. The van der Waals surface area contributed by atoms with Crippen LogP contribution in [0.25, 0.3) is 0 Å². The van der Waals surface area contributed by atoms with Crippen molar-refractivity contribution in [2.75, 3.05) is 25.1 Å². The lowest BCUT2D eigenvalue weighted by Crippen LogP contribution is -2.34. The number of rotatable bonds is 7. The first-order valence-corrected chi connectivity index (χ1v) is 9.92. The van der Waals surface area contributed by atoms with E-state index in [2.05, 4.69) is 10.6 Å². The zero-order valence-electron chi connectivity index (χ0n) is 16.4. The summed E-state index contributed by atoms with van der Waals surface area (Å²) in [5.41, 5.74) is 2.51. The Morgan fingerprint density at radius 3 is 2.43 bits per heavy atom. The van der Waals surface area contributed by atoms with Gasteiger partial charge in [-0.1, -0.05) is 36.4 Å². The molecule has 3 aromatic carbocycles. The number of halogens is 1. The van der Waals surface area contributed by atoms with E-state index in [1.165, 1.54) is 12.1 Å². The molecule has 1 heterocycles. The van der Waals surface area contributed by atoms with Crippen LogP contribution in [0.1, 0.15) is 17.2 Å². The fourth-order valence-corrected chi connectivity index (χ4v) is 3.36. The first-order valence-electron chi connectivity index (χ1n) is 9.92. The average Bonchev–Trinajstić information content (AvgIpc) is 2.78. The van der Waals surface area contributed by atoms with Gasteiger partial charge in [0, 0.05) is 12.2 Å². The molecule has 6 heteroatoms. The second kappa shape index (κ2) is 9.41. The van der Waals surface area contributed by atoms with Crippen LogP contribution in [-0.4, -0.2) is 25.7 Å². The summed E-state index contributed by atoms with van der Waals surface area (Å²) in [6.45, 7) is 1.71. The van der Waals surface area contributed by atoms with Crippen molar-refractivity contribution in [3.8, 4) is 11.5 Å². The molecule has 5 nitrogen and oxygen atoms in total. The number of anilines is 1. The monoisotopic (exact) mass is 406 g/mol. The lowest BCUT2D eigenvalue weighted by molar-refractivity contribution is -0.118. The van der Waals surface area contributed by atoms with Crippen LogP contribution in [0, 0.1) is 5.82 Å². The van der Waals surface area contributed by atoms with Crippen molar-refractivity contribution in [3.63, 3.8) is 0 Å². The number of hydrogen-bond donors (Lipinski definition) is 2. The standard InChI is InChI=1S/C24H23FN2O3/c25-19-7-9-20(10-8-19)27-24(28)23(18-4-2-1-3-5-18)26-13-12-17-6-11-21-22(16-17)30-15-14-29-21/h1-11,16,23,26H,12-15H2,(H,27,28)/t23-/m1/s1. The van der Waals surface area contributed by atoms with E-state index in [-0.39, 0.29) is 11.7 Å². The molecular weight excluding hydrogens is 383 g/mol. The van der Waals surface area contributed by atoms with E-state index in [1.807, 2.05) is 48.5 Å². The molecule has 1 atom stereocenters. The Balaban J connectivity index is 1.42. The molecule has 0 radical (unpaired) electrons. The van der Waals surface area contributed by atoms with Crippen LogP contribution in [0.2, 0.25) is 0 Å². The van der Waals surface area contributed by atoms with Gasteiger partial charge >= 0.3 is 0 Å². The lowest BCUT2D eigenvalue weighted by atomic mass is 10.0. The van der Waals surface area contributed by atoms with Gasteiger partial charge in [-0.25, -0.2) is 4.39 Å². The molecule has 0 aliphatic carbocycles. The summed E-state index contributed by atoms with van der Waals surface area (Å²) in [7, 11) is 0. The van der Waals surface area contributed by atoms with Crippen LogP contribution in [0.5, 0.6) is 11.5 Å². The van der Waals surface area contributed by atoms with Gasteiger partial charge in [0.25, 0.3) is 0 Å². The molecule has 0 bridgehead atoms. The third-order valence-corrected chi connectivity index (χ3v) is 4.88. The first kappa shape index (κ1) is 19.9. The highest BCUT2D eigenvalue weighted by molar-refractivity contribution is 5.95. The largest absolute Gasteiger partial charge is 0.486 e. The topological polar surface area (TPSA) is 59.6 Å². The van der Waals surface area contributed by atoms with Crippen molar-refractivity contribution in [2.24, 2.45) is 0 Å². The zero-order chi connectivity index (χ0) is 20.8. The minimum absolute atomic E-state index is 0.199. The number of benzene rings is 3. The van der Waals surface area contributed by atoms with Gasteiger partial charge in [-0.3, -0.25) is 4.79 Å². The number of carbonyl (C=O) groups excluding carboxylic acids is 1. The lowest BCUT2D eigenvalue weighted by Gasteiger charge is -2.20. The minimum atomic E-state index is -0.534. The van der Waals surface area contributed by atoms with E-state index >= 15 is 0 Å². The summed E-state index contributed by atoms with van der Waals surface area (Å²) >= 11 is 0. The molecule has 1 aliphatic rings. The van der Waals surface area contributed by atoms with E-state index in [4.69, 9.17) is 9.47 Å². The Hall–Kier alpha value is -3.38. The molecule has 0 unspecified atom stereocenters. The second-order valence-electron chi connectivity index (χ2n) is 7.02. The molecule has 1 aliphatic heterocycles. The zero-order valence-corrected chi connectivity index (χ0v) is 16.4. The summed E-state index contributed by atoms with van der Waals surface area (Å²) in [5, 5.41) is 6.19. The van der Waals surface area contributed by atoms with Crippen LogP contribution in [0.4, 0.5) is 10.1 Å². The number of hydrogen-bond acceptors (Lipinski definition) is 4. The third-order valence-electron chi connectivity index (χ3n) is 4.88. The van der Waals surface area contributed by atoms with Crippen LogP contribution >= 0.6 is 0 Å². The Bertz CT molecular complexity index is 993. The summed E-state index contributed by atoms with van der Waals surface area (Å²) < 4.78 is 24.3. The molecule has 154 valence electrons. The molecule has 0 fully saturated rings. The van der Waals surface area contributed by atoms with Crippen molar-refractivity contribution >= 4 is 11.6 Å². The fourth-order valence-electron chi connectivity index (χ4n) is 3.36. The van der Waals surface area contributed by atoms with Crippen LogP contribution < -0.4 is 20.1 Å². The summed E-state index contributed by atoms with van der Waals surface area (Å²) in [6, 6.07) is 20.6. The maximum atomic E-state index is 13.1. The molecule has 1 amide bonds. The molecule has 30 heavy (non-hydrogen) atoms. The van der Waals surface area contributed by atoms with Gasteiger partial charge < -0.3 is 20.1 Å². The Morgan fingerprint density at radius 2 is 1.67 bits per heavy atom. The summed E-state index contributed by atoms with van der Waals surface area (Å²) in [4.78, 5) is 12.9. The van der Waals surface area contributed by atoms with E-state index in [0.717, 1.165) is 29.0 Å². The fraction of sp³-hybridized carbons (Fsp3) is 0.208. The molecule has 0 saturated heterocycles. The highest BCUT2D eigenvalue weighted by Gasteiger charge is 2.20. The van der Waals surface area contributed by atoms with Crippen LogP contribution in [-0.2, 0) is 11.2 Å². The van der Waals surface area contributed by atoms with Crippen molar-refractivity contribution in [3.05, 3.63) is 89.7 Å². The van der Waals surface area contributed by atoms with Gasteiger partial charge in [0.1, 0.15) is 25.1 Å². The predicted octanol–water partition coefficient (Wildman–Crippen LogP) is 4.11. The highest BCUT2D eigenvalue weighted by Crippen LogP contribution is 2.30. The molecule has 4 rings (SSSR count). The number of fused-ring (bicyclic) bond motifs is 1. The quantitative estimate of drug-likeness (QED) is 0.620. The van der Waals surface area contributed by atoms with E-state index in [9.17, 15) is 9.18 Å². The molecule has 0 spiro atoms. The van der Waals surface area contributed by atoms with Gasteiger partial charge in [-0.15, -0.1) is 0 Å². The number of carbonyl (C=O) groups is 1. The van der Waals surface area contributed by atoms with Gasteiger partial charge in [-0.05, 0) is 53.9 Å². The average molecular weight is 406 g/mol. The Kier molecular flexibility index (Phi) is 6.25. The Morgan fingerprint density at radius 1 is 0.933 bits per heavy atom. The van der Waals surface area contributed by atoms with Gasteiger partial charge in [0.2, 0.25) is 5.91 Å². The number of nitrogens with one attached hydrogen (secondary N) is 2. The molecule has 0 aromatic heterocycles. The summed E-state index contributed by atoms with van der Waals surface area (Å²) in [6.07, 6.45) is 0.726. The summed E-state index contributed by atoms with van der Waals surface area (Å²) in [5.74, 6) is 0.978. The maximum Gasteiger partial charge on any atom is 0.246 e. The smallest absolute Gasteiger partial charge is 0.246 e. The van der Waals surface area contributed by atoms with Crippen molar-refractivity contribution in [1.29, 1.82) is 0 Å². The predicted molar refractivity (Wildman–Crippen MR) is 113 cm³/mol. The van der Waals surface area contributed by atoms with Gasteiger partial charge in [-0.2, -0.15) is 0 Å². The first-order chi connectivity index (χ1) is 14.7. The van der Waals surface area contributed by atoms with Gasteiger partial charge in [0.15, 0.2) is 11.5 Å². The van der Waals surface area contributed by atoms with Crippen molar-refractivity contribution in [1.82, 2.24) is 5.32 Å². The highest BCUT2D eigenvalue weighted by atomic mass is 19.1. The Labute approximate surface area is 174 Å². The van der Waals surface area contributed by atoms with Gasteiger partial charge in [0.05, 0.1) is 0 Å². The van der Waals surface area contributed by atoms with Crippen LogP contribution in [0.15, 0.2) is 72.8 Å². The molecule has 0 saturated carbocycles. The normalized spacial score (nSPS) is 13.5. The molecular formula is C24H23FN2O3. The minimum Gasteiger partial charge on any atom is -0.486 e. The number of amides is 1. The molecule has 2 N–H and O–H groups in total. The van der Waals surface area contributed by atoms with Crippen LogP contribution in [0.3, 0.4) is 0 Å². The van der Waals surface area contributed by atoms with E-state index < -0.39 is 6.04 Å². The second-order valence-corrected chi connectivity index (χ2v) is 7.02. The third kappa shape index (κ3) is 4.96. The van der Waals surface area contributed by atoms with Crippen molar-refractivity contribution < 1.29 is 18.7 Å². The SMILES string of the molecule is O=C(Nc1ccc(F)cc1)[C@H](NCCc1ccc2c(c1)OCCO2)c1ccccc1.